The number of hydrogen-bond donors (Lipinski definition) is 2. The highest BCUT2D eigenvalue weighted by molar-refractivity contribution is 5.61. The third-order valence-corrected chi connectivity index (χ3v) is 5.01. The van der Waals surface area contributed by atoms with Gasteiger partial charge in [0.05, 0.1) is 11.4 Å². The number of pyridine rings is 2. The van der Waals surface area contributed by atoms with Crippen LogP contribution in [0.5, 0.6) is 0 Å². The standard InChI is InChI=1S/C22H26N6/c1-2-9-18(10-3-1)26-22-27-20(19-11-5-7-14-24-19)16-21(28-22)25-15-12-17-8-4-6-13-23-17/h4-8,11,13-14,16,18H,1-3,9-10,12,15H2,(H2,25,26,27,28). The van der Waals surface area contributed by atoms with Crippen molar-refractivity contribution in [3.8, 4) is 11.4 Å². The lowest BCUT2D eigenvalue weighted by atomic mass is 9.96. The molecule has 0 unspecified atom stereocenters. The quantitative estimate of drug-likeness (QED) is 0.641. The van der Waals surface area contributed by atoms with Gasteiger partial charge < -0.3 is 10.6 Å². The van der Waals surface area contributed by atoms with Crippen molar-refractivity contribution >= 4 is 11.8 Å². The fourth-order valence-electron chi connectivity index (χ4n) is 3.54. The van der Waals surface area contributed by atoms with Crippen LogP contribution in [-0.4, -0.2) is 32.5 Å². The van der Waals surface area contributed by atoms with E-state index in [9.17, 15) is 0 Å². The molecule has 1 fully saturated rings. The minimum absolute atomic E-state index is 0.453. The van der Waals surface area contributed by atoms with Crippen LogP contribution in [0.3, 0.4) is 0 Å². The Balaban J connectivity index is 1.51. The number of nitrogens with zero attached hydrogens (tertiary/aromatic N) is 4. The Bertz CT molecular complexity index is 863. The van der Waals surface area contributed by atoms with Gasteiger partial charge in [0, 0.05) is 43.2 Å². The zero-order valence-electron chi connectivity index (χ0n) is 16.0. The van der Waals surface area contributed by atoms with Crippen LogP contribution in [0.15, 0.2) is 54.9 Å². The molecule has 4 rings (SSSR count). The van der Waals surface area contributed by atoms with Gasteiger partial charge in [-0.2, -0.15) is 4.98 Å². The van der Waals surface area contributed by atoms with Crippen molar-refractivity contribution < 1.29 is 0 Å². The van der Waals surface area contributed by atoms with Gasteiger partial charge in [-0.1, -0.05) is 31.4 Å². The summed E-state index contributed by atoms with van der Waals surface area (Å²) in [6.07, 6.45) is 10.7. The summed E-state index contributed by atoms with van der Waals surface area (Å²) in [5.41, 5.74) is 2.74. The normalized spacial score (nSPS) is 14.6. The van der Waals surface area contributed by atoms with Gasteiger partial charge in [-0.3, -0.25) is 9.97 Å². The Kier molecular flexibility index (Phi) is 6.07. The molecule has 1 aliphatic carbocycles. The predicted molar refractivity (Wildman–Crippen MR) is 112 cm³/mol. The van der Waals surface area contributed by atoms with Gasteiger partial charge >= 0.3 is 0 Å². The van der Waals surface area contributed by atoms with E-state index < -0.39 is 0 Å². The van der Waals surface area contributed by atoms with Crippen molar-refractivity contribution in [3.63, 3.8) is 0 Å². The van der Waals surface area contributed by atoms with E-state index in [1.165, 1.54) is 32.1 Å². The molecule has 3 aromatic heterocycles. The van der Waals surface area contributed by atoms with Crippen LogP contribution in [0.25, 0.3) is 11.4 Å². The first-order valence-corrected chi connectivity index (χ1v) is 10.1. The summed E-state index contributed by atoms with van der Waals surface area (Å²) in [5.74, 6) is 1.49. The summed E-state index contributed by atoms with van der Waals surface area (Å²) < 4.78 is 0. The molecular weight excluding hydrogens is 348 g/mol. The summed E-state index contributed by atoms with van der Waals surface area (Å²) >= 11 is 0. The number of anilines is 2. The molecule has 0 radical (unpaired) electrons. The van der Waals surface area contributed by atoms with Crippen LogP contribution in [-0.2, 0) is 6.42 Å². The largest absolute Gasteiger partial charge is 0.369 e. The first kappa shape index (κ1) is 18.3. The smallest absolute Gasteiger partial charge is 0.225 e. The topological polar surface area (TPSA) is 75.6 Å². The van der Waals surface area contributed by atoms with Gasteiger partial charge in [-0.15, -0.1) is 0 Å². The van der Waals surface area contributed by atoms with Crippen molar-refractivity contribution in [3.05, 3.63) is 60.6 Å². The van der Waals surface area contributed by atoms with E-state index in [-0.39, 0.29) is 0 Å². The Labute approximate surface area is 165 Å². The maximum absolute atomic E-state index is 4.73. The molecule has 0 spiro atoms. The maximum Gasteiger partial charge on any atom is 0.225 e. The predicted octanol–water partition coefficient (Wildman–Crippen LogP) is 4.33. The highest BCUT2D eigenvalue weighted by Gasteiger charge is 2.15. The number of nitrogens with one attached hydrogen (secondary N) is 2. The molecule has 0 saturated heterocycles. The molecule has 0 aromatic carbocycles. The molecule has 144 valence electrons. The second-order valence-electron chi connectivity index (χ2n) is 7.15. The van der Waals surface area contributed by atoms with Crippen molar-refractivity contribution in [2.45, 2.75) is 44.6 Å². The molecule has 0 bridgehead atoms. The molecule has 28 heavy (non-hydrogen) atoms. The van der Waals surface area contributed by atoms with Crippen molar-refractivity contribution in [2.24, 2.45) is 0 Å². The molecule has 0 aliphatic heterocycles. The lowest BCUT2D eigenvalue weighted by Gasteiger charge is -2.23. The summed E-state index contributed by atoms with van der Waals surface area (Å²) in [5, 5.41) is 6.96. The van der Waals surface area contributed by atoms with E-state index in [1.807, 2.05) is 48.7 Å². The van der Waals surface area contributed by atoms with E-state index in [0.717, 1.165) is 35.9 Å². The Hall–Kier alpha value is -3.02. The molecule has 0 atom stereocenters. The Morgan fingerprint density at radius 3 is 2.43 bits per heavy atom. The highest BCUT2D eigenvalue weighted by atomic mass is 15.2. The van der Waals surface area contributed by atoms with Crippen LogP contribution >= 0.6 is 0 Å². The monoisotopic (exact) mass is 374 g/mol. The van der Waals surface area contributed by atoms with Crippen molar-refractivity contribution in [2.75, 3.05) is 17.2 Å². The summed E-state index contributed by atoms with van der Waals surface area (Å²) in [6.45, 7) is 0.762. The zero-order chi connectivity index (χ0) is 19.0. The van der Waals surface area contributed by atoms with Gasteiger partial charge in [0.15, 0.2) is 0 Å². The first-order valence-electron chi connectivity index (χ1n) is 10.1. The fourth-order valence-corrected chi connectivity index (χ4v) is 3.54. The van der Waals surface area contributed by atoms with E-state index in [4.69, 9.17) is 9.97 Å². The van der Waals surface area contributed by atoms with Crippen LogP contribution in [0.1, 0.15) is 37.8 Å². The second kappa shape index (κ2) is 9.26. The van der Waals surface area contributed by atoms with Crippen molar-refractivity contribution in [1.29, 1.82) is 0 Å². The molecule has 3 heterocycles. The van der Waals surface area contributed by atoms with Gasteiger partial charge in [-0.05, 0) is 37.1 Å². The van der Waals surface area contributed by atoms with Crippen LogP contribution in [0, 0.1) is 0 Å². The van der Waals surface area contributed by atoms with Gasteiger partial charge in [0.25, 0.3) is 0 Å². The van der Waals surface area contributed by atoms with Crippen LogP contribution < -0.4 is 10.6 Å². The van der Waals surface area contributed by atoms with Gasteiger partial charge in [0.2, 0.25) is 5.95 Å². The maximum atomic E-state index is 4.73. The highest BCUT2D eigenvalue weighted by Crippen LogP contribution is 2.23. The Morgan fingerprint density at radius 1 is 0.857 bits per heavy atom. The summed E-state index contributed by atoms with van der Waals surface area (Å²) in [4.78, 5) is 18.3. The average molecular weight is 374 g/mol. The molecule has 6 nitrogen and oxygen atoms in total. The van der Waals surface area contributed by atoms with Gasteiger partial charge in [0.1, 0.15) is 5.82 Å². The van der Waals surface area contributed by atoms with E-state index in [2.05, 4.69) is 20.6 Å². The second-order valence-corrected chi connectivity index (χ2v) is 7.15. The summed E-state index contributed by atoms with van der Waals surface area (Å²) in [7, 11) is 0. The average Bonchev–Trinajstić information content (AvgIpc) is 2.76. The van der Waals surface area contributed by atoms with Crippen molar-refractivity contribution in [1.82, 2.24) is 19.9 Å². The molecule has 6 heteroatoms. The number of aromatic nitrogens is 4. The SMILES string of the molecule is c1ccc(CCNc2cc(-c3ccccn3)nc(NC3CCCCC3)n2)nc1. The Morgan fingerprint density at radius 2 is 1.68 bits per heavy atom. The molecule has 1 aliphatic rings. The minimum Gasteiger partial charge on any atom is -0.369 e. The van der Waals surface area contributed by atoms with Crippen LogP contribution in [0.2, 0.25) is 0 Å². The molecule has 1 saturated carbocycles. The third kappa shape index (κ3) is 5.03. The molecule has 2 N–H and O–H groups in total. The van der Waals surface area contributed by atoms with Crippen LogP contribution in [0.4, 0.5) is 11.8 Å². The number of hydrogen-bond acceptors (Lipinski definition) is 6. The summed E-state index contributed by atoms with van der Waals surface area (Å²) in [6, 6.07) is 14.3. The van der Waals surface area contributed by atoms with E-state index in [0.29, 0.717) is 12.0 Å². The minimum atomic E-state index is 0.453. The number of rotatable bonds is 7. The molecule has 3 aromatic rings. The zero-order valence-corrected chi connectivity index (χ0v) is 16.0. The van der Waals surface area contributed by atoms with Gasteiger partial charge in [-0.25, -0.2) is 4.98 Å². The molecular formula is C22H26N6. The lowest BCUT2D eigenvalue weighted by molar-refractivity contribution is 0.461. The van der Waals surface area contributed by atoms with E-state index >= 15 is 0 Å². The first-order chi connectivity index (χ1) is 13.9. The van der Waals surface area contributed by atoms with E-state index in [1.54, 1.807) is 6.20 Å². The molecule has 0 amide bonds. The lowest BCUT2D eigenvalue weighted by Crippen LogP contribution is -2.24. The third-order valence-electron chi connectivity index (χ3n) is 5.01. The fraction of sp³-hybridized carbons (Fsp3) is 0.364.